The Kier molecular flexibility index (Phi) is 4.90. The lowest BCUT2D eigenvalue weighted by molar-refractivity contribution is 0.0954. The van der Waals surface area contributed by atoms with Crippen molar-refractivity contribution in [2.45, 2.75) is 6.42 Å². The lowest BCUT2D eigenvalue weighted by Crippen LogP contribution is -2.37. The van der Waals surface area contributed by atoms with Crippen LogP contribution in [0.3, 0.4) is 0 Å². The van der Waals surface area contributed by atoms with Gasteiger partial charge in [0.15, 0.2) is 0 Å². The third-order valence-electron chi connectivity index (χ3n) is 4.14. The molecule has 0 aliphatic heterocycles. The fourth-order valence-corrected chi connectivity index (χ4v) is 2.92. The second-order valence-corrected chi connectivity index (χ2v) is 6.37. The van der Waals surface area contributed by atoms with E-state index in [4.69, 9.17) is 11.6 Å². The summed E-state index contributed by atoms with van der Waals surface area (Å²) >= 11 is 5.94. The Hall–Kier alpha value is -2.93. The Morgan fingerprint density at radius 3 is 2.69 bits per heavy atom. The summed E-state index contributed by atoms with van der Waals surface area (Å²) in [4.78, 5) is 40.6. The van der Waals surface area contributed by atoms with Gasteiger partial charge >= 0.3 is 5.69 Å². The van der Waals surface area contributed by atoms with Gasteiger partial charge in [0.1, 0.15) is 5.65 Å². The number of aryl methyl sites for hydroxylation is 1. The van der Waals surface area contributed by atoms with Crippen LogP contribution >= 0.6 is 11.6 Å². The zero-order valence-corrected chi connectivity index (χ0v) is 15.1. The molecule has 0 saturated carbocycles. The van der Waals surface area contributed by atoms with Gasteiger partial charge in [0.2, 0.25) is 0 Å². The maximum atomic E-state index is 12.3. The van der Waals surface area contributed by atoms with Crippen LogP contribution in [0.5, 0.6) is 0 Å². The van der Waals surface area contributed by atoms with Crippen LogP contribution in [0.4, 0.5) is 0 Å². The second-order valence-electron chi connectivity index (χ2n) is 5.94. The number of carbonyl (C=O) groups is 1. The van der Waals surface area contributed by atoms with Gasteiger partial charge in [-0.1, -0.05) is 23.7 Å². The molecule has 0 fully saturated rings. The molecular weight excluding hydrogens is 356 g/mol. The minimum atomic E-state index is -0.482. The first-order valence-electron chi connectivity index (χ1n) is 7.97. The van der Waals surface area contributed by atoms with Crippen molar-refractivity contribution in [3.8, 4) is 0 Å². The Morgan fingerprint density at radius 1 is 1.19 bits per heavy atom. The van der Waals surface area contributed by atoms with Gasteiger partial charge in [-0.05, 0) is 30.2 Å². The molecule has 0 atom stereocenters. The Morgan fingerprint density at radius 2 is 1.96 bits per heavy atom. The predicted octanol–water partition coefficient (Wildman–Crippen LogP) is 1.26. The first-order valence-corrected chi connectivity index (χ1v) is 8.34. The van der Waals surface area contributed by atoms with Crippen LogP contribution in [-0.4, -0.2) is 26.6 Å². The van der Waals surface area contributed by atoms with E-state index in [0.29, 0.717) is 18.0 Å². The average molecular weight is 373 g/mol. The fraction of sp³-hybridized carbons (Fsp3) is 0.222. The first-order chi connectivity index (χ1) is 12.4. The number of amides is 1. The maximum Gasteiger partial charge on any atom is 0.332 e. The summed E-state index contributed by atoms with van der Waals surface area (Å²) in [6.07, 6.45) is 1.99. The highest BCUT2D eigenvalue weighted by molar-refractivity contribution is 6.30. The molecule has 0 aliphatic carbocycles. The monoisotopic (exact) mass is 372 g/mol. The highest BCUT2D eigenvalue weighted by atomic mass is 35.5. The van der Waals surface area contributed by atoms with E-state index in [9.17, 15) is 14.4 Å². The van der Waals surface area contributed by atoms with Crippen molar-refractivity contribution < 1.29 is 4.79 Å². The van der Waals surface area contributed by atoms with Crippen LogP contribution in [0.15, 0.2) is 46.1 Å². The smallest absolute Gasteiger partial charge is 0.332 e. The molecule has 0 saturated heterocycles. The topological polar surface area (TPSA) is 86.0 Å². The molecule has 7 nitrogen and oxygen atoms in total. The molecule has 0 bridgehead atoms. The molecule has 0 aliphatic rings. The largest absolute Gasteiger partial charge is 0.352 e. The normalized spacial score (nSPS) is 10.9. The lowest BCUT2D eigenvalue weighted by Gasteiger charge is -2.09. The van der Waals surface area contributed by atoms with E-state index in [1.807, 2.05) is 18.2 Å². The maximum absolute atomic E-state index is 12.3. The number of aromatic nitrogens is 3. The van der Waals surface area contributed by atoms with Crippen molar-refractivity contribution in [2.24, 2.45) is 14.1 Å². The number of halogens is 1. The number of nitrogens with one attached hydrogen (secondary N) is 1. The third kappa shape index (κ3) is 3.39. The standard InChI is InChI=1S/C18H17ClN4O3/c1-22-15-14(17(25)23(2)18(22)26)9-12(10-21-15)16(24)20-7-6-11-4-3-5-13(19)8-11/h3-5,8-10H,6-7H2,1-2H3,(H,20,24). The van der Waals surface area contributed by atoms with E-state index in [2.05, 4.69) is 10.3 Å². The Labute approximate surface area is 153 Å². The van der Waals surface area contributed by atoms with E-state index in [-0.39, 0.29) is 22.5 Å². The number of benzene rings is 1. The van der Waals surface area contributed by atoms with Gasteiger partial charge in [0, 0.05) is 31.9 Å². The molecular formula is C18H17ClN4O3. The molecule has 134 valence electrons. The number of fused-ring (bicyclic) bond motifs is 1. The van der Waals surface area contributed by atoms with Crippen molar-refractivity contribution in [1.82, 2.24) is 19.4 Å². The van der Waals surface area contributed by atoms with Gasteiger partial charge in [-0.2, -0.15) is 0 Å². The van der Waals surface area contributed by atoms with E-state index in [1.165, 1.54) is 30.9 Å². The van der Waals surface area contributed by atoms with E-state index in [1.54, 1.807) is 6.07 Å². The molecule has 3 rings (SSSR count). The molecule has 1 N–H and O–H groups in total. The molecule has 8 heteroatoms. The van der Waals surface area contributed by atoms with Gasteiger partial charge < -0.3 is 5.32 Å². The first kappa shape index (κ1) is 17.9. The van der Waals surface area contributed by atoms with Gasteiger partial charge in [0.25, 0.3) is 11.5 Å². The van der Waals surface area contributed by atoms with Crippen molar-refractivity contribution in [3.63, 3.8) is 0 Å². The third-order valence-corrected chi connectivity index (χ3v) is 4.38. The summed E-state index contributed by atoms with van der Waals surface area (Å²) in [5.41, 5.74) is 0.573. The van der Waals surface area contributed by atoms with Crippen LogP contribution in [0, 0.1) is 0 Å². The number of carbonyl (C=O) groups excluding carboxylic acids is 1. The highest BCUT2D eigenvalue weighted by Crippen LogP contribution is 2.11. The molecule has 2 heterocycles. The van der Waals surface area contributed by atoms with Gasteiger partial charge in [-0.3, -0.25) is 18.7 Å². The summed E-state index contributed by atoms with van der Waals surface area (Å²) in [6.45, 7) is 0.419. The number of nitrogens with zero attached hydrogens (tertiary/aromatic N) is 3. The van der Waals surface area contributed by atoms with E-state index >= 15 is 0 Å². The van der Waals surface area contributed by atoms with Crippen LogP contribution in [0.1, 0.15) is 15.9 Å². The molecule has 1 aromatic carbocycles. The van der Waals surface area contributed by atoms with Crippen LogP contribution in [0.25, 0.3) is 11.0 Å². The number of hydrogen-bond donors (Lipinski definition) is 1. The molecule has 2 aromatic heterocycles. The molecule has 26 heavy (non-hydrogen) atoms. The minimum absolute atomic E-state index is 0.220. The SMILES string of the molecule is Cn1c(=O)c2cc(C(=O)NCCc3cccc(Cl)c3)cnc2n(C)c1=O. The average Bonchev–Trinajstić information content (AvgIpc) is 2.64. The molecule has 0 spiro atoms. The van der Waals surface area contributed by atoms with Crippen molar-refractivity contribution >= 4 is 28.5 Å². The van der Waals surface area contributed by atoms with Gasteiger partial charge in [-0.25, -0.2) is 9.78 Å². The minimum Gasteiger partial charge on any atom is -0.352 e. The van der Waals surface area contributed by atoms with Crippen LogP contribution in [-0.2, 0) is 20.5 Å². The van der Waals surface area contributed by atoms with E-state index in [0.717, 1.165) is 10.1 Å². The zero-order chi connectivity index (χ0) is 18.8. The predicted molar refractivity (Wildman–Crippen MR) is 99.7 cm³/mol. The number of pyridine rings is 1. The number of rotatable bonds is 4. The number of hydrogen-bond acceptors (Lipinski definition) is 4. The summed E-state index contributed by atoms with van der Waals surface area (Å²) in [5.74, 6) is -0.336. The van der Waals surface area contributed by atoms with Crippen LogP contribution < -0.4 is 16.6 Å². The van der Waals surface area contributed by atoms with Gasteiger partial charge in [-0.15, -0.1) is 0 Å². The Bertz CT molecular complexity index is 1120. The van der Waals surface area contributed by atoms with E-state index < -0.39 is 11.2 Å². The van der Waals surface area contributed by atoms with Crippen molar-refractivity contribution in [3.05, 3.63) is 73.5 Å². The summed E-state index contributed by atoms with van der Waals surface area (Å²) in [5, 5.41) is 3.66. The quantitative estimate of drug-likeness (QED) is 0.747. The van der Waals surface area contributed by atoms with Crippen molar-refractivity contribution in [2.75, 3.05) is 6.54 Å². The lowest BCUT2D eigenvalue weighted by atomic mass is 10.1. The summed E-state index contributed by atoms with van der Waals surface area (Å²) < 4.78 is 2.27. The molecule has 0 unspecified atom stereocenters. The molecule has 0 radical (unpaired) electrons. The van der Waals surface area contributed by atoms with Crippen molar-refractivity contribution in [1.29, 1.82) is 0 Å². The summed E-state index contributed by atoms with van der Waals surface area (Å²) in [6, 6.07) is 8.87. The molecule has 3 aromatic rings. The van der Waals surface area contributed by atoms with Crippen LogP contribution in [0.2, 0.25) is 5.02 Å². The highest BCUT2D eigenvalue weighted by Gasteiger charge is 2.13. The molecule has 1 amide bonds. The Balaban J connectivity index is 1.81. The zero-order valence-electron chi connectivity index (χ0n) is 14.3. The summed E-state index contributed by atoms with van der Waals surface area (Å²) in [7, 11) is 2.92. The van der Waals surface area contributed by atoms with Gasteiger partial charge in [0.05, 0.1) is 10.9 Å². The fourth-order valence-electron chi connectivity index (χ4n) is 2.70. The second kappa shape index (κ2) is 7.13.